The zero-order chi connectivity index (χ0) is 15.7. The first kappa shape index (κ1) is 14.6. The molecule has 3 amide bonds. The molecule has 0 aromatic heterocycles. The number of ether oxygens (including phenoxy) is 1. The molecule has 1 aromatic carbocycles. The molecule has 3 atom stereocenters. The van der Waals surface area contributed by atoms with Crippen molar-refractivity contribution in [3.8, 4) is 0 Å². The van der Waals surface area contributed by atoms with Crippen LogP contribution in [-0.2, 0) is 14.3 Å². The van der Waals surface area contributed by atoms with Crippen LogP contribution in [0.4, 0.5) is 4.79 Å². The minimum atomic E-state index is -0.596. The Bertz CT molecular complexity index is 601. The van der Waals surface area contributed by atoms with Crippen molar-refractivity contribution in [1.29, 1.82) is 0 Å². The standard InChI is InChI=1S/C16H18N2O4/c1-10-9-12(19)17-14(11-5-3-2-4-6-11)13(10)15(20)18-7-8-22-16(18)21/h2-6,10,13-14H,7-9H2,1H3,(H,17,19)/t10-,13+,14-/m0/s1. The second-order valence-electron chi connectivity index (χ2n) is 5.77. The van der Waals surface area contributed by atoms with Crippen LogP contribution in [0.25, 0.3) is 0 Å². The second-order valence-corrected chi connectivity index (χ2v) is 5.77. The summed E-state index contributed by atoms with van der Waals surface area (Å²) in [4.78, 5) is 37.5. The molecule has 0 unspecified atom stereocenters. The van der Waals surface area contributed by atoms with Crippen LogP contribution in [0.1, 0.15) is 24.9 Å². The van der Waals surface area contributed by atoms with Crippen molar-refractivity contribution in [3.63, 3.8) is 0 Å². The number of hydrogen-bond donors (Lipinski definition) is 1. The third-order valence-electron chi connectivity index (χ3n) is 4.27. The molecule has 0 saturated carbocycles. The third kappa shape index (κ3) is 2.56. The van der Waals surface area contributed by atoms with Gasteiger partial charge in [0.2, 0.25) is 11.8 Å². The van der Waals surface area contributed by atoms with Crippen molar-refractivity contribution in [2.75, 3.05) is 13.2 Å². The van der Waals surface area contributed by atoms with Crippen molar-refractivity contribution in [2.24, 2.45) is 11.8 Å². The summed E-state index contributed by atoms with van der Waals surface area (Å²) in [6.07, 6.45) is -0.316. The van der Waals surface area contributed by atoms with Crippen molar-refractivity contribution in [1.82, 2.24) is 10.2 Å². The molecule has 2 aliphatic heterocycles. The number of cyclic esters (lactones) is 1. The van der Waals surface area contributed by atoms with Crippen LogP contribution in [0.5, 0.6) is 0 Å². The molecule has 1 N–H and O–H groups in total. The summed E-state index contributed by atoms with van der Waals surface area (Å²) in [5, 5.41) is 2.89. The molecular weight excluding hydrogens is 284 g/mol. The van der Waals surface area contributed by atoms with E-state index >= 15 is 0 Å². The lowest BCUT2D eigenvalue weighted by atomic mass is 9.78. The van der Waals surface area contributed by atoms with E-state index in [1.54, 1.807) is 0 Å². The highest BCUT2D eigenvalue weighted by Gasteiger charge is 2.44. The number of carbonyl (C=O) groups excluding carboxylic acids is 3. The van der Waals surface area contributed by atoms with E-state index in [-0.39, 0.29) is 37.3 Å². The van der Waals surface area contributed by atoms with Crippen LogP contribution in [0.3, 0.4) is 0 Å². The number of rotatable bonds is 2. The molecule has 6 heteroatoms. The lowest BCUT2D eigenvalue weighted by Crippen LogP contribution is -2.50. The summed E-state index contributed by atoms with van der Waals surface area (Å²) in [5.74, 6) is -0.955. The van der Waals surface area contributed by atoms with Gasteiger partial charge >= 0.3 is 6.09 Å². The molecule has 0 aliphatic carbocycles. The van der Waals surface area contributed by atoms with Crippen molar-refractivity contribution >= 4 is 17.9 Å². The van der Waals surface area contributed by atoms with Crippen LogP contribution in [0.2, 0.25) is 0 Å². The number of amides is 3. The Hall–Kier alpha value is -2.37. The minimum Gasteiger partial charge on any atom is -0.447 e. The monoisotopic (exact) mass is 302 g/mol. The van der Waals surface area contributed by atoms with Crippen molar-refractivity contribution < 1.29 is 19.1 Å². The summed E-state index contributed by atoms with van der Waals surface area (Å²) < 4.78 is 4.85. The Morgan fingerprint density at radius 2 is 2.00 bits per heavy atom. The number of benzene rings is 1. The summed E-state index contributed by atoms with van der Waals surface area (Å²) in [5.41, 5.74) is 0.869. The SMILES string of the molecule is C[C@H]1CC(=O)N[C@@H](c2ccccc2)[C@@H]1C(=O)N1CCOC1=O. The van der Waals surface area contributed by atoms with E-state index in [2.05, 4.69) is 5.32 Å². The van der Waals surface area contributed by atoms with Crippen LogP contribution >= 0.6 is 0 Å². The summed E-state index contributed by atoms with van der Waals surface area (Å²) >= 11 is 0. The average molecular weight is 302 g/mol. The van der Waals surface area contributed by atoms with Crippen LogP contribution in [0, 0.1) is 11.8 Å². The predicted molar refractivity (Wildman–Crippen MR) is 77.7 cm³/mol. The van der Waals surface area contributed by atoms with E-state index in [0.29, 0.717) is 0 Å². The Balaban J connectivity index is 1.92. The maximum Gasteiger partial charge on any atom is 0.416 e. The third-order valence-corrected chi connectivity index (χ3v) is 4.27. The highest BCUT2D eigenvalue weighted by molar-refractivity contribution is 5.96. The molecule has 2 saturated heterocycles. The number of imide groups is 1. The van der Waals surface area contributed by atoms with E-state index in [4.69, 9.17) is 4.74 Å². The lowest BCUT2D eigenvalue weighted by Gasteiger charge is -2.37. The van der Waals surface area contributed by atoms with Gasteiger partial charge in [0.05, 0.1) is 18.5 Å². The van der Waals surface area contributed by atoms with E-state index in [1.807, 2.05) is 37.3 Å². The fraction of sp³-hybridized carbons (Fsp3) is 0.438. The molecular formula is C16H18N2O4. The van der Waals surface area contributed by atoms with E-state index in [0.717, 1.165) is 10.5 Å². The quantitative estimate of drug-likeness (QED) is 0.898. The van der Waals surface area contributed by atoms with E-state index in [1.165, 1.54) is 0 Å². The van der Waals surface area contributed by atoms with Crippen LogP contribution in [0.15, 0.2) is 30.3 Å². The predicted octanol–water partition coefficient (Wildman–Crippen LogP) is 1.48. The maximum atomic E-state index is 12.8. The minimum absolute atomic E-state index is 0.0746. The van der Waals surface area contributed by atoms with Gasteiger partial charge in [-0.25, -0.2) is 9.69 Å². The topological polar surface area (TPSA) is 75.7 Å². The molecule has 2 aliphatic rings. The molecule has 1 aromatic rings. The Labute approximate surface area is 128 Å². The zero-order valence-electron chi connectivity index (χ0n) is 12.3. The Morgan fingerprint density at radius 3 is 2.64 bits per heavy atom. The fourth-order valence-electron chi connectivity index (χ4n) is 3.18. The molecule has 2 heterocycles. The molecule has 2 fully saturated rings. The normalized spacial score (nSPS) is 28.2. The van der Waals surface area contributed by atoms with Gasteiger partial charge < -0.3 is 10.1 Å². The molecule has 0 bridgehead atoms. The Kier molecular flexibility index (Phi) is 3.83. The van der Waals surface area contributed by atoms with Crippen LogP contribution in [-0.4, -0.2) is 36.0 Å². The summed E-state index contributed by atoms with van der Waals surface area (Å²) in [6, 6.07) is 8.96. The fourth-order valence-corrected chi connectivity index (χ4v) is 3.18. The van der Waals surface area contributed by atoms with Gasteiger partial charge in [-0.2, -0.15) is 0 Å². The average Bonchev–Trinajstić information content (AvgIpc) is 2.93. The van der Waals surface area contributed by atoms with Gasteiger partial charge in [-0.1, -0.05) is 37.3 Å². The highest BCUT2D eigenvalue weighted by atomic mass is 16.6. The van der Waals surface area contributed by atoms with Gasteiger partial charge in [0.1, 0.15) is 6.61 Å². The van der Waals surface area contributed by atoms with Crippen LogP contribution < -0.4 is 5.32 Å². The molecule has 22 heavy (non-hydrogen) atoms. The van der Waals surface area contributed by atoms with Gasteiger partial charge in [0, 0.05) is 6.42 Å². The van der Waals surface area contributed by atoms with Crippen molar-refractivity contribution in [2.45, 2.75) is 19.4 Å². The van der Waals surface area contributed by atoms with Gasteiger partial charge in [-0.3, -0.25) is 9.59 Å². The molecule has 3 rings (SSSR count). The molecule has 0 radical (unpaired) electrons. The molecule has 6 nitrogen and oxygen atoms in total. The van der Waals surface area contributed by atoms with E-state index in [9.17, 15) is 14.4 Å². The largest absolute Gasteiger partial charge is 0.447 e. The second kappa shape index (κ2) is 5.79. The number of hydrogen-bond acceptors (Lipinski definition) is 4. The first-order valence-electron chi connectivity index (χ1n) is 7.40. The van der Waals surface area contributed by atoms with E-state index < -0.39 is 18.1 Å². The number of piperidine rings is 1. The lowest BCUT2D eigenvalue weighted by molar-refractivity contribution is -0.139. The number of nitrogens with one attached hydrogen (secondary N) is 1. The van der Waals surface area contributed by atoms with Gasteiger partial charge in [0.15, 0.2) is 0 Å². The molecule has 0 spiro atoms. The smallest absolute Gasteiger partial charge is 0.416 e. The zero-order valence-corrected chi connectivity index (χ0v) is 12.3. The first-order chi connectivity index (χ1) is 10.6. The van der Waals surface area contributed by atoms with Gasteiger partial charge in [0.25, 0.3) is 0 Å². The molecule has 116 valence electrons. The summed E-state index contributed by atoms with van der Waals surface area (Å²) in [7, 11) is 0. The van der Waals surface area contributed by atoms with Crippen molar-refractivity contribution in [3.05, 3.63) is 35.9 Å². The first-order valence-corrected chi connectivity index (χ1v) is 7.40. The highest BCUT2D eigenvalue weighted by Crippen LogP contribution is 2.35. The number of carbonyl (C=O) groups is 3. The number of nitrogens with zero attached hydrogens (tertiary/aromatic N) is 1. The Morgan fingerprint density at radius 1 is 1.27 bits per heavy atom. The maximum absolute atomic E-state index is 12.8. The van der Waals surface area contributed by atoms with Gasteiger partial charge in [-0.05, 0) is 11.5 Å². The van der Waals surface area contributed by atoms with Gasteiger partial charge in [-0.15, -0.1) is 0 Å². The summed E-state index contributed by atoms with van der Waals surface area (Å²) in [6.45, 7) is 2.38.